The van der Waals surface area contributed by atoms with Crippen LogP contribution in [0.2, 0.25) is 0 Å². The number of sulfonamides is 1. The number of benzene rings is 1. The van der Waals surface area contributed by atoms with E-state index in [-0.39, 0.29) is 11.3 Å². The van der Waals surface area contributed by atoms with Crippen molar-refractivity contribution in [3.05, 3.63) is 42.0 Å². The van der Waals surface area contributed by atoms with Crippen LogP contribution in [0.3, 0.4) is 0 Å². The van der Waals surface area contributed by atoms with E-state index in [2.05, 4.69) is 10.1 Å². The van der Waals surface area contributed by atoms with Gasteiger partial charge in [-0.1, -0.05) is 36.7 Å². The summed E-state index contributed by atoms with van der Waals surface area (Å²) < 4.78 is 32.8. The van der Waals surface area contributed by atoms with E-state index in [1.165, 1.54) is 0 Å². The largest absolute Gasteiger partial charge is 0.339 e. The van der Waals surface area contributed by atoms with Gasteiger partial charge in [-0.15, -0.1) is 0 Å². The average molecular weight is 347 g/mol. The van der Waals surface area contributed by atoms with Crippen molar-refractivity contribution in [1.82, 2.24) is 14.4 Å². The molecule has 2 aromatic rings. The summed E-state index contributed by atoms with van der Waals surface area (Å²) in [6.45, 7) is 2.95. The molecule has 0 bridgehead atoms. The van der Waals surface area contributed by atoms with Crippen molar-refractivity contribution >= 4 is 10.0 Å². The van der Waals surface area contributed by atoms with E-state index in [1.54, 1.807) is 28.6 Å². The van der Waals surface area contributed by atoms with E-state index in [0.717, 1.165) is 19.3 Å². The Morgan fingerprint density at radius 3 is 2.83 bits per heavy atom. The highest BCUT2D eigenvalue weighted by molar-refractivity contribution is 7.89. The first-order valence-corrected chi connectivity index (χ1v) is 9.88. The van der Waals surface area contributed by atoms with Crippen LogP contribution < -0.4 is 0 Å². The number of aryl methyl sites for hydroxylation is 1. The fourth-order valence-electron chi connectivity index (χ4n) is 4.13. The maximum absolute atomic E-state index is 13.0. The van der Waals surface area contributed by atoms with E-state index in [0.29, 0.717) is 36.1 Å². The molecule has 0 spiro atoms. The molecule has 7 heteroatoms. The second-order valence-corrected chi connectivity index (χ2v) is 8.66. The van der Waals surface area contributed by atoms with Crippen LogP contribution in [0, 0.1) is 5.92 Å². The van der Waals surface area contributed by atoms with E-state index in [1.807, 2.05) is 13.0 Å². The van der Waals surface area contributed by atoms with Gasteiger partial charge in [-0.3, -0.25) is 0 Å². The first-order chi connectivity index (χ1) is 11.6. The molecule has 1 aromatic heterocycles. The van der Waals surface area contributed by atoms with Crippen molar-refractivity contribution in [2.45, 2.75) is 42.9 Å². The molecule has 2 aliphatic rings. The fourth-order valence-corrected chi connectivity index (χ4v) is 5.71. The van der Waals surface area contributed by atoms with E-state index < -0.39 is 10.0 Å². The summed E-state index contributed by atoms with van der Waals surface area (Å²) >= 11 is 0. The lowest BCUT2D eigenvalue weighted by Gasteiger charge is -2.24. The number of hydrogen-bond donors (Lipinski definition) is 0. The molecule has 4 rings (SSSR count). The van der Waals surface area contributed by atoms with Gasteiger partial charge >= 0.3 is 0 Å². The summed E-state index contributed by atoms with van der Waals surface area (Å²) in [6.07, 6.45) is 3.71. The Hall–Kier alpha value is -1.73. The Balaban J connectivity index is 1.69. The van der Waals surface area contributed by atoms with Gasteiger partial charge in [0.15, 0.2) is 5.82 Å². The highest BCUT2D eigenvalue weighted by atomic mass is 32.2. The minimum atomic E-state index is -3.48. The normalized spacial score (nSPS) is 27.5. The molecule has 0 amide bonds. The van der Waals surface area contributed by atoms with Gasteiger partial charge < -0.3 is 4.52 Å². The quantitative estimate of drug-likeness (QED) is 0.849. The average Bonchev–Trinajstić information content (AvgIpc) is 3.29. The van der Waals surface area contributed by atoms with Crippen LogP contribution in [0.25, 0.3) is 0 Å². The lowest BCUT2D eigenvalue weighted by atomic mass is 9.80. The van der Waals surface area contributed by atoms with Crippen LogP contribution in [-0.4, -0.2) is 36.0 Å². The SMILES string of the molecule is CCc1nc([C@@]23CCC[C@@H]2CN(S(=O)(=O)c2ccccc2)C3)no1. The fraction of sp³-hybridized carbons (Fsp3) is 0.529. The molecule has 128 valence electrons. The van der Waals surface area contributed by atoms with Crippen LogP contribution >= 0.6 is 0 Å². The number of hydrogen-bond acceptors (Lipinski definition) is 5. The second-order valence-electron chi connectivity index (χ2n) is 6.72. The first kappa shape index (κ1) is 15.8. The van der Waals surface area contributed by atoms with Gasteiger partial charge in [0.25, 0.3) is 0 Å². The Bertz CT molecular complexity index is 834. The molecule has 2 fully saturated rings. The molecule has 0 radical (unpaired) electrons. The van der Waals surface area contributed by atoms with Gasteiger partial charge in [0.1, 0.15) is 0 Å². The van der Waals surface area contributed by atoms with Crippen molar-refractivity contribution in [3.63, 3.8) is 0 Å². The van der Waals surface area contributed by atoms with Crippen molar-refractivity contribution in [1.29, 1.82) is 0 Å². The monoisotopic (exact) mass is 347 g/mol. The number of fused-ring (bicyclic) bond motifs is 1. The van der Waals surface area contributed by atoms with Gasteiger partial charge in [-0.05, 0) is 30.9 Å². The highest BCUT2D eigenvalue weighted by Crippen LogP contribution is 2.50. The smallest absolute Gasteiger partial charge is 0.243 e. The van der Waals surface area contributed by atoms with Gasteiger partial charge in [0.05, 0.1) is 10.3 Å². The zero-order valence-corrected chi connectivity index (χ0v) is 14.5. The van der Waals surface area contributed by atoms with Gasteiger partial charge in [0.2, 0.25) is 15.9 Å². The minimum Gasteiger partial charge on any atom is -0.339 e. The number of aromatic nitrogens is 2. The molecule has 1 aliphatic carbocycles. The Labute approximate surface area is 141 Å². The van der Waals surface area contributed by atoms with E-state index in [9.17, 15) is 8.42 Å². The third kappa shape index (κ3) is 2.29. The van der Waals surface area contributed by atoms with Crippen molar-refractivity contribution < 1.29 is 12.9 Å². The Morgan fingerprint density at radius 2 is 2.12 bits per heavy atom. The maximum Gasteiger partial charge on any atom is 0.243 e. The number of nitrogens with zero attached hydrogens (tertiary/aromatic N) is 3. The summed E-state index contributed by atoms with van der Waals surface area (Å²) in [5.41, 5.74) is -0.293. The van der Waals surface area contributed by atoms with Crippen molar-refractivity contribution in [3.8, 4) is 0 Å². The van der Waals surface area contributed by atoms with Crippen LogP contribution in [0.1, 0.15) is 37.9 Å². The van der Waals surface area contributed by atoms with E-state index >= 15 is 0 Å². The van der Waals surface area contributed by atoms with Crippen LogP contribution in [-0.2, 0) is 21.9 Å². The van der Waals surface area contributed by atoms with Gasteiger partial charge in [-0.25, -0.2) is 8.42 Å². The molecular weight excluding hydrogens is 326 g/mol. The Morgan fingerprint density at radius 1 is 1.33 bits per heavy atom. The van der Waals surface area contributed by atoms with Crippen LogP contribution in [0.15, 0.2) is 39.8 Å². The molecule has 2 heterocycles. The lowest BCUT2D eigenvalue weighted by Crippen LogP contribution is -2.35. The maximum atomic E-state index is 13.0. The third-order valence-electron chi connectivity index (χ3n) is 5.44. The third-order valence-corrected chi connectivity index (χ3v) is 7.26. The minimum absolute atomic E-state index is 0.262. The topological polar surface area (TPSA) is 76.3 Å². The second kappa shape index (κ2) is 5.67. The van der Waals surface area contributed by atoms with Gasteiger partial charge in [0, 0.05) is 19.5 Å². The molecule has 24 heavy (non-hydrogen) atoms. The van der Waals surface area contributed by atoms with Crippen LogP contribution in [0.4, 0.5) is 0 Å². The van der Waals surface area contributed by atoms with Crippen molar-refractivity contribution in [2.75, 3.05) is 13.1 Å². The molecule has 1 aliphatic heterocycles. The van der Waals surface area contributed by atoms with Crippen LogP contribution in [0.5, 0.6) is 0 Å². The summed E-state index contributed by atoms with van der Waals surface area (Å²) in [7, 11) is -3.48. The standard InChI is InChI=1S/C17H21N3O3S/c1-2-15-18-16(19-23-15)17-10-6-7-13(17)11-20(12-17)24(21,22)14-8-4-3-5-9-14/h3-5,8-9,13H,2,6-7,10-12H2,1H3/t13-,17-/m1/s1. The highest BCUT2D eigenvalue weighted by Gasteiger charge is 2.55. The van der Waals surface area contributed by atoms with Gasteiger partial charge in [-0.2, -0.15) is 9.29 Å². The molecule has 1 saturated heterocycles. The zero-order chi connectivity index (χ0) is 16.8. The molecule has 6 nitrogen and oxygen atoms in total. The molecule has 1 saturated carbocycles. The van der Waals surface area contributed by atoms with Crippen molar-refractivity contribution in [2.24, 2.45) is 5.92 Å². The predicted molar refractivity (Wildman–Crippen MR) is 87.9 cm³/mol. The lowest BCUT2D eigenvalue weighted by molar-refractivity contribution is 0.329. The molecule has 0 N–H and O–H groups in total. The van der Waals surface area contributed by atoms with E-state index in [4.69, 9.17) is 4.52 Å². The molecular formula is C17H21N3O3S. The summed E-state index contributed by atoms with van der Waals surface area (Å²) in [5.74, 6) is 1.57. The summed E-state index contributed by atoms with van der Waals surface area (Å²) in [6, 6.07) is 8.64. The molecule has 0 unspecified atom stereocenters. The number of rotatable bonds is 4. The molecule has 2 atom stereocenters. The predicted octanol–water partition coefficient (Wildman–Crippen LogP) is 2.37. The summed E-state index contributed by atoms with van der Waals surface area (Å²) in [5, 5.41) is 4.18. The molecule has 1 aromatic carbocycles. The Kier molecular flexibility index (Phi) is 3.73. The summed E-state index contributed by atoms with van der Waals surface area (Å²) in [4.78, 5) is 4.88. The zero-order valence-electron chi connectivity index (χ0n) is 13.7. The first-order valence-electron chi connectivity index (χ1n) is 8.44.